The molecular formula is C22H27ClN4O3S3. The highest BCUT2D eigenvalue weighted by molar-refractivity contribution is 7.91. The summed E-state index contributed by atoms with van der Waals surface area (Å²) in [6, 6.07) is 8.14. The number of anilines is 1. The normalized spacial score (nSPS) is 17.3. The van der Waals surface area contributed by atoms with Crippen LogP contribution in [-0.2, 0) is 14.8 Å². The molecule has 1 unspecified atom stereocenters. The zero-order valence-corrected chi connectivity index (χ0v) is 21.8. The maximum Gasteiger partial charge on any atom is 0.253 e. The second kappa shape index (κ2) is 10.4. The number of carbonyl (C=O) groups excluding carboxylic acids is 1. The van der Waals surface area contributed by atoms with Crippen molar-refractivity contribution in [2.24, 2.45) is 0 Å². The number of carbonyl (C=O) groups is 1. The van der Waals surface area contributed by atoms with Crippen molar-refractivity contribution in [1.29, 1.82) is 0 Å². The van der Waals surface area contributed by atoms with Gasteiger partial charge in [-0.05, 0) is 49.5 Å². The number of sulfonamides is 1. The highest BCUT2D eigenvalue weighted by atomic mass is 35.5. The minimum absolute atomic E-state index is 0.227. The summed E-state index contributed by atoms with van der Waals surface area (Å²) in [7, 11) is -3.72. The van der Waals surface area contributed by atoms with E-state index in [0.29, 0.717) is 48.1 Å². The van der Waals surface area contributed by atoms with E-state index in [2.05, 4.69) is 23.7 Å². The molecule has 11 heteroatoms. The first kappa shape index (κ1) is 24.6. The van der Waals surface area contributed by atoms with E-state index in [1.54, 1.807) is 28.5 Å². The van der Waals surface area contributed by atoms with Gasteiger partial charge in [-0.1, -0.05) is 48.9 Å². The first-order chi connectivity index (χ1) is 15.9. The van der Waals surface area contributed by atoms with Gasteiger partial charge in [-0.15, -0.1) is 11.3 Å². The van der Waals surface area contributed by atoms with Gasteiger partial charge in [0.15, 0.2) is 5.13 Å². The molecule has 0 radical (unpaired) electrons. The summed E-state index contributed by atoms with van der Waals surface area (Å²) in [5.41, 5.74) is 0.661. The number of amides is 1. The van der Waals surface area contributed by atoms with E-state index in [0.717, 1.165) is 17.8 Å². The largest absolute Gasteiger partial charge is 0.302 e. The molecule has 1 atom stereocenters. The molecule has 178 valence electrons. The molecule has 1 amide bonds. The van der Waals surface area contributed by atoms with Crippen LogP contribution >= 0.6 is 34.3 Å². The summed E-state index contributed by atoms with van der Waals surface area (Å²) in [4.78, 5) is 22.4. The smallest absolute Gasteiger partial charge is 0.253 e. The van der Waals surface area contributed by atoms with Crippen LogP contribution in [0.25, 0.3) is 10.2 Å². The Morgan fingerprint density at radius 2 is 2.00 bits per heavy atom. The Kier molecular flexibility index (Phi) is 7.72. The SMILES string of the molecule is CCN(CC)CCN(C(=O)C1CCCN1S(=O)(=O)c1cccs1)c1nc2c(Cl)cccc2s1. The van der Waals surface area contributed by atoms with Crippen molar-refractivity contribution >= 4 is 65.6 Å². The number of hydrogen-bond acceptors (Lipinski definition) is 7. The van der Waals surface area contributed by atoms with Gasteiger partial charge >= 0.3 is 0 Å². The van der Waals surface area contributed by atoms with Crippen LogP contribution in [0.4, 0.5) is 5.13 Å². The number of likely N-dealkylation sites (N-methyl/N-ethyl adjacent to an activating group) is 1. The molecule has 1 saturated heterocycles. The molecule has 33 heavy (non-hydrogen) atoms. The van der Waals surface area contributed by atoms with Crippen molar-refractivity contribution in [1.82, 2.24) is 14.2 Å². The van der Waals surface area contributed by atoms with Crippen molar-refractivity contribution in [3.05, 3.63) is 40.7 Å². The molecule has 1 aromatic carbocycles. The van der Waals surface area contributed by atoms with E-state index < -0.39 is 16.1 Å². The molecule has 0 N–H and O–H groups in total. The molecule has 7 nitrogen and oxygen atoms in total. The molecule has 3 aromatic rings. The summed E-state index contributed by atoms with van der Waals surface area (Å²) in [5, 5.41) is 2.82. The number of halogens is 1. The quantitative estimate of drug-likeness (QED) is 0.409. The van der Waals surface area contributed by atoms with Crippen molar-refractivity contribution in [3.63, 3.8) is 0 Å². The fourth-order valence-electron chi connectivity index (χ4n) is 4.08. The van der Waals surface area contributed by atoms with Crippen molar-refractivity contribution in [3.8, 4) is 0 Å². The lowest BCUT2D eigenvalue weighted by molar-refractivity contribution is -0.121. The summed E-state index contributed by atoms with van der Waals surface area (Å²) >= 11 is 8.92. The number of para-hydroxylation sites is 1. The number of hydrogen-bond donors (Lipinski definition) is 0. The molecular weight excluding hydrogens is 500 g/mol. The van der Waals surface area contributed by atoms with Gasteiger partial charge in [0, 0.05) is 19.6 Å². The molecule has 1 aliphatic heterocycles. The Labute approximate surface area is 207 Å². The number of rotatable bonds is 9. The number of nitrogens with zero attached hydrogens (tertiary/aromatic N) is 4. The molecule has 1 fully saturated rings. The maximum absolute atomic E-state index is 13.9. The van der Waals surface area contributed by atoms with Gasteiger partial charge in [-0.2, -0.15) is 4.31 Å². The van der Waals surface area contributed by atoms with Gasteiger partial charge in [-0.3, -0.25) is 9.69 Å². The van der Waals surface area contributed by atoms with Crippen molar-refractivity contribution in [2.75, 3.05) is 37.6 Å². The van der Waals surface area contributed by atoms with Gasteiger partial charge < -0.3 is 4.90 Å². The first-order valence-electron chi connectivity index (χ1n) is 11.0. The third-order valence-corrected chi connectivity index (χ3v) is 10.6. The predicted octanol–water partition coefficient (Wildman–Crippen LogP) is 4.54. The van der Waals surface area contributed by atoms with Crippen LogP contribution in [0.5, 0.6) is 0 Å². The van der Waals surface area contributed by atoms with Crippen LogP contribution in [-0.4, -0.2) is 67.3 Å². The molecule has 1 aliphatic rings. The van der Waals surface area contributed by atoms with Gasteiger partial charge in [0.05, 0.1) is 9.72 Å². The Morgan fingerprint density at radius 1 is 1.21 bits per heavy atom. The van der Waals surface area contributed by atoms with Crippen LogP contribution in [0.3, 0.4) is 0 Å². The monoisotopic (exact) mass is 526 g/mol. The summed E-state index contributed by atoms with van der Waals surface area (Å²) in [6.45, 7) is 7.35. The Bertz CT molecular complexity index is 1210. The fourth-order valence-corrected chi connectivity index (χ4v) is 8.15. The molecule has 2 aromatic heterocycles. The molecule has 3 heterocycles. The number of thiophene rings is 1. The molecule has 0 spiro atoms. The highest BCUT2D eigenvalue weighted by Crippen LogP contribution is 2.35. The van der Waals surface area contributed by atoms with E-state index in [4.69, 9.17) is 11.6 Å². The van der Waals surface area contributed by atoms with Crippen LogP contribution in [0.1, 0.15) is 26.7 Å². The molecule has 4 rings (SSSR count). The van der Waals surface area contributed by atoms with E-state index in [1.165, 1.54) is 27.0 Å². The van der Waals surface area contributed by atoms with Gasteiger partial charge in [0.1, 0.15) is 15.8 Å². The zero-order chi connectivity index (χ0) is 23.6. The average molecular weight is 527 g/mol. The Balaban J connectivity index is 1.68. The van der Waals surface area contributed by atoms with Crippen LogP contribution in [0.15, 0.2) is 39.9 Å². The third-order valence-electron chi connectivity index (χ3n) is 5.94. The molecule has 0 aliphatic carbocycles. The Morgan fingerprint density at radius 3 is 2.67 bits per heavy atom. The van der Waals surface area contributed by atoms with Crippen LogP contribution in [0, 0.1) is 0 Å². The van der Waals surface area contributed by atoms with Gasteiger partial charge in [-0.25, -0.2) is 13.4 Å². The molecule has 0 saturated carbocycles. The first-order valence-corrected chi connectivity index (χ1v) is 14.5. The minimum Gasteiger partial charge on any atom is -0.302 e. The predicted molar refractivity (Wildman–Crippen MR) is 136 cm³/mol. The number of benzene rings is 1. The van der Waals surface area contributed by atoms with E-state index >= 15 is 0 Å². The lowest BCUT2D eigenvalue weighted by Crippen LogP contribution is -2.49. The van der Waals surface area contributed by atoms with E-state index in [1.807, 2.05) is 12.1 Å². The Hall–Kier alpha value is -1.56. The van der Waals surface area contributed by atoms with Crippen LogP contribution < -0.4 is 4.90 Å². The van der Waals surface area contributed by atoms with E-state index in [9.17, 15) is 13.2 Å². The third kappa shape index (κ3) is 4.96. The van der Waals surface area contributed by atoms with Gasteiger partial charge in [0.2, 0.25) is 5.91 Å². The van der Waals surface area contributed by atoms with Crippen molar-refractivity contribution in [2.45, 2.75) is 36.9 Å². The second-order valence-corrected chi connectivity index (χ2v) is 12.3. The summed E-state index contributed by atoms with van der Waals surface area (Å²) in [5.74, 6) is -0.227. The molecule has 0 bridgehead atoms. The van der Waals surface area contributed by atoms with Crippen LogP contribution in [0.2, 0.25) is 5.02 Å². The standard InChI is InChI=1S/C22H27ClN4O3S3/c1-3-25(4-2)13-14-26(22-24-20-16(23)8-5-10-18(20)32-22)21(28)17-9-6-12-27(17)33(29,30)19-11-7-15-31-19/h5,7-8,10-11,15,17H,3-4,6,9,12-14H2,1-2H3. The zero-order valence-electron chi connectivity index (χ0n) is 18.6. The average Bonchev–Trinajstić information content (AvgIpc) is 3.57. The summed E-state index contributed by atoms with van der Waals surface area (Å²) < 4.78 is 29.0. The number of aromatic nitrogens is 1. The second-order valence-electron chi connectivity index (χ2n) is 7.81. The van der Waals surface area contributed by atoms with Gasteiger partial charge in [0.25, 0.3) is 10.0 Å². The maximum atomic E-state index is 13.9. The number of fused-ring (bicyclic) bond motifs is 1. The topological polar surface area (TPSA) is 73.8 Å². The summed E-state index contributed by atoms with van der Waals surface area (Å²) in [6.07, 6.45) is 1.15. The fraction of sp³-hybridized carbons (Fsp3) is 0.455. The van der Waals surface area contributed by atoms with E-state index in [-0.39, 0.29) is 10.1 Å². The highest BCUT2D eigenvalue weighted by Gasteiger charge is 2.42. The lowest BCUT2D eigenvalue weighted by atomic mass is 10.2. The lowest BCUT2D eigenvalue weighted by Gasteiger charge is -2.29. The number of thiazole rings is 1. The minimum atomic E-state index is -3.72. The van der Waals surface area contributed by atoms with Crippen molar-refractivity contribution < 1.29 is 13.2 Å².